The van der Waals surface area contributed by atoms with Crippen molar-refractivity contribution in [2.45, 2.75) is 104 Å². The fraction of sp³-hybridized carbons (Fsp3) is 0.889. The summed E-state index contributed by atoms with van der Waals surface area (Å²) in [5, 5.41) is 20.6. The molecule has 0 spiro atoms. The zero-order valence-corrected chi connectivity index (χ0v) is 19.7. The first-order valence-electron chi connectivity index (χ1n) is 12.8. The van der Waals surface area contributed by atoms with Crippen LogP contribution >= 0.6 is 0 Å². The van der Waals surface area contributed by atoms with E-state index in [1.54, 1.807) is 0 Å². The summed E-state index contributed by atoms with van der Waals surface area (Å²) in [6.45, 7) is 9.31. The summed E-state index contributed by atoms with van der Waals surface area (Å²) in [4.78, 5) is 12.1. The first kappa shape index (κ1) is 22.4. The summed E-state index contributed by atoms with van der Waals surface area (Å²) in [6, 6.07) is 0. The van der Waals surface area contributed by atoms with Crippen LogP contribution in [0.2, 0.25) is 0 Å². The van der Waals surface area contributed by atoms with E-state index in [1.165, 1.54) is 37.7 Å². The number of rotatable bonds is 6. The van der Waals surface area contributed by atoms with E-state index in [0.29, 0.717) is 23.2 Å². The average Bonchev–Trinajstić information content (AvgIpc) is 2.99. The lowest BCUT2D eigenvalue weighted by molar-refractivity contribution is -0.141. The van der Waals surface area contributed by atoms with E-state index < -0.39 is 5.97 Å². The fourth-order valence-electron chi connectivity index (χ4n) is 8.36. The fourth-order valence-corrected chi connectivity index (χ4v) is 8.36. The Labute approximate surface area is 183 Å². The van der Waals surface area contributed by atoms with Gasteiger partial charge in [-0.1, -0.05) is 52.2 Å². The monoisotopic (exact) mass is 416 g/mol. The molecule has 0 bridgehead atoms. The molecule has 4 aliphatic rings. The number of carboxylic acid groups (broad SMARTS) is 1. The van der Waals surface area contributed by atoms with Gasteiger partial charge in [-0.2, -0.15) is 0 Å². The van der Waals surface area contributed by atoms with Crippen LogP contribution in [0.4, 0.5) is 0 Å². The average molecular weight is 417 g/mol. The lowest BCUT2D eigenvalue weighted by atomic mass is 9.45. The Morgan fingerprint density at radius 2 is 1.80 bits per heavy atom. The number of hydrogen-bond donors (Lipinski definition) is 2. The van der Waals surface area contributed by atoms with Gasteiger partial charge in [0.25, 0.3) is 0 Å². The first-order chi connectivity index (χ1) is 14.2. The Kier molecular flexibility index (Phi) is 6.16. The molecule has 0 saturated heterocycles. The van der Waals surface area contributed by atoms with Crippen LogP contribution in [0.15, 0.2) is 11.6 Å². The molecule has 0 unspecified atom stereocenters. The third-order valence-electron chi connectivity index (χ3n) is 10.3. The quantitative estimate of drug-likeness (QED) is 0.489. The molecule has 0 aromatic carbocycles. The van der Waals surface area contributed by atoms with E-state index in [-0.39, 0.29) is 17.4 Å². The van der Waals surface area contributed by atoms with Gasteiger partial charge in [0.1, 0.15) is 0 Å². The summed E-state index contributed by atoms with van der Waals surface area (Å²) in [7, 11) is 0. The van der Waals surface area contributed by atoms with Crippen molar-refractivity contribution >= 4 is 5.97 Å². The molecule has 0 amide bonds. The lowest BCUT2D eigenvalue weighted by Gasteiger charge is -2.60. The Balaban J connectivity index is 1.50. The number of allylic oxidation sites excluding steroid dienone is 1. The van der Waals surface area contributed by atoms with Crippen LogP contribution in [0, 0.1) is 46.3 Å². The second-order valence-electron chi connectivity index (χ2n) is 12.2. The normalized spacial score (nSPS) is 44.1. The number of hydrogen-bond acceptors (Lipinski definition) is 2. The zero-order chi connectivity index (χ0) is 21.7. The van der Waals surface area contributed by atoms with Crippen LogP contribution in [-0.4, -0.2) is 22.3 Å². The van der Waals surface area contributed by atoms with Crippen LogP contribution in [0.3, 0.4) is 0 Å². The molecule has 30 heavy (non-hydrogen) atoms. The second-order valence-corrected chi connectivity index (χ2v) is 12.2. The summed E-state index contributed by atoms with van der Waals surface area (Å²) < 4.78 is 0. The predicted octanol–water partition coefficient (Wildman–Crippen LogP) is 6.45. The molecule has 170 valence electrons. The van der Waals surface area contributed by atoms with Crippen molar-refractivity contribution in [2.24, 2.45) is 46.3 Å². The van der Waals surface area contributed by atoms with Crippen molar-refractivity contribution in [3.05, 3.63) is 11.6 Å². The van der Waals surface area contributed by atoms with Gasteiger partial charge in [0.15, 0.2) is 0 Å². The molecule has 0 heterocycles. The maximum atomic E-state index is 12.1. The lowest BCUT2D eigenvalue weighted by Crippen LogP contribution is -2.53. The number of aliphatic carboxylic acids is 1. The van der Waals surface area contributed by atoms with Gasteiger partial charge in [0.2, 0.25) is 0 Å². The Bertz CT molecular complexity index is 682. The molecule has 0 aliphatic heterocycles. The predicted molar refractivity (Wildman–Crippen MR) is 121 cm³/mol. The van der Waals surface area contributed by atoms with Gasteiger partial charge in [0.05, 0.1) is 12.0 Å². The van der Waals surface area contributed by atoms with Gasteiger partial charge in [-0.15, -0.1) is 0 Å². The molecule has 0 radical (unpaired) electrons. The largest absolute Gasteiger partial charge is 0.481 e. The van der Waals surface area contributed by atoms with E-state index >= 15 is 0 Å². The SMILES string of the molecule is CC(C)CCC[C@H](C(=O)O)C1=CC[C@@]2(C)[C@@H](CC[C@H]3[C@H]2CC[C@]2(C)[C@H](O)CC[C@H]32)C1. The van der Waals surface area contributed by atoms with Crippen molar-refractivity contribution in [1.82, 2.24) is 0 Å². The van der Waals surface area contributed by atoms with Gasteiger partial charge >= 0.3 is 5.97 Å². The summed E-state index contributed by atoms with van der Waals surface area (Å²) in [5.74, 6) is 2.60. The highest BCUT2D eigenvalue weighted by Gasteiger charge is 2.59. The number of fused-ring (bicyclic) bond motifs is 5. The molecule has 3 heteroatoms. The topological polar surface area (TPSA) is 57.5 Å². The van der Waals surface area contributed by atoms with Crippen molar-refractivity contribution in [1.29, 1.82) is 0 Å². The smallest absolute Gasteiger partial charge is 0.310 e. The standard InChI is InChI=1S/C27H44O3/c1-17(2)6-5-7-20(25(29)30)18-12-14-26(3)19(16-18)8-9-21-22-10-11-24(28)27(22,4)15-13-23(21)26/h12,17,19-24,28H,5-11,13-16H2,1-4H3,(H,29,30)/t19-,20-,21+,22+,23+,24+,26-,27-/m0/s1. The molecular weight excluding hydrogens is 372 g/mol. The number of aliphatic hydroxyl groups excluding tert-OH is 1. The third kappa shape index (κ3) is 3.67. The highest BCUT2D eigenvalue weighted by atomic mass is 16.4. The van der Waals surface area contributed by atoms with Crippen LogP contribution in [0.1, 0.15) is 98.3 Å². The summed E-state index contributed by atoms with van der Waals surface area (Å²) in [5.41, 5.74) is 1.69. The second kappa shape index (κ2) is 8.26. The molecule has 3 saturated carbocycles. The molecule has 3 nitrogen and oxygen atoms in total. The van der Waals surface area contributed by atoms with E-state index in [4.69, 9.17) is 0 Å². The van der Waals surface area contributed by atoms with Gasteiger partial charge in [-0.3, -0.25) is 4.79 Å². The summed E-state index contributed by atoms with van der Waals surface area (Å²) >= 11 is 0. The van der Waals surface area contributed by atoms with Crippen molar-refractivity contribution < 1.29 is 15.0 Å². The Morgan fingerprint density at radius 3 is 2.50 bits per heavy atom. The van der Waals surface area contributed by atoms with E-state index in [1.807, 2.05) is 0 Å². The zero-order valence-electron chi connectivity index (χ0n) is 19.7. The number of aliphatic hydroxyl groups is 1. The van der Waals surface area contributed by atoms with E-state index in [2.05, 4.69) is 33.8 Å². The van der Waals surface area contributed by atoms with E-state index in [0.717, 1.165) is 50.4 Å². The molecular formula is C27H44O3. The number of carbonyl (C=O) groups is 1. The van der Waals surface area contributed by atoms with Crippen LogP contribution in [0.5, 0.6) is 0 Å². The van der Waals surface area contributed by atoms with Crippen LogP contribution in [-0.2, 0) is 4.79 Å². The van der Waals surface area contributed by atoms with Crippen LogP contribution in [0.25, 0.3) is 0 Å². The van der Waals surface area contributed by atoms with Gasteiger partial charge in [0, 0.05) is 0 Å². The van der Waals surface area contributed by atoms with Crippen molar-refractivity contribution in [3.63, 3.8) is 0 Å². The van der Waals surface area contributed by atoms with Crippen LogP contribution < -0.4 is 0 Å². The number of carboxylic acids is 1. The molecule has 3 fully saturated rings. The third-order valence-corrected chi connectivity index (χ3v) is 10.3. The molecule has 0 aromatic heterocycles. The molecule has 2 N–H and O–H groups in total. The highest BCUT2D eigenvalue weighted by molar-refractivity contribution is 5.73. The van der Waals surface area contributed by atoms with Gasteiger partial charge in [-0.25, -0.2) is 0 Å². The minimum Gasteiger partial charge on any atom is -0.481 e. The molecule has 4 aliphatic carbocycles. The van der Waals surface area contributed by atoms with E-state index in [9.17, 15) is 15.0 Å². The summed E-state index contributed by atoms with van der Waals surface area (Å²) in [6.07, 6.45) is 14.4. The highest BCUT2D eigenvalue weighted by Crippen LogP contribution is 2.66. The molecule has 8 atom stereocenters. The molecule has 0 aromatic rings. The Morgan fingerprint density at radius 1 is 1.07 bits per heavy atom. The van der Waals surface area contributed by atoms with Crippen molar-refractivity contribution in [3.8, 4) is 0 Å². The maximum absolute atomic E-state index is 12.1. The van der Waals surface area contributed by atoms with Gasteiger partial charge < -0.3 is 10.2 Å². The minimum atomic E-state index is -0.615. The van der Waals surface area contributed by atoms with Gasteiger partial charge in [-0.05, 0) is 98.2 Å². The minimum absolute atomic E-state index is 0.103. The maximum Gasteiger partial charge on any atom is 0.310 e. The first-order valence-corrected chi connectivity index (χ1v) is 12.8. The Hall–Kier alpha value is -0.830. The van der Waals surface area contributed by atoms with Crippen molar-refractivity contribution in [2.75, 3.05) is 0 Å². The molecule has 4 rings (SSSR count).